The van der Waals surface area contributed by atoms with Crippen molar-refractivity contribution in [3.63, 3.8) is 0 Å². The molecule has 2 heterocycles. The van der Waals surface area contributed by atoms with E-state index < -0.39 is 0 Å². The minimum atomic E-state index is -0.111. The van der Waals surface area contributed by atoms with Crippen LogP contribution in [-0.4, -0.2) is 9.78 Å². The van der Waals surface area contributed by atoms with E-state index in [2.05, 4.69) is 71.3 Å². The number of thiophene rings is 1. The standard InChI is InChI=1S/C11H13Br3N4S/c1-2-3-18-10(7(12)5-16-18)9(17-15)6-4-8(13)19-11(6)14/h4-5,9,17H,2-3,15H2,1H3. The van der Waals surface area contributed by atoms with Gasteiger partial charge in [-0.05, 0) is 60.3 Å². The smallest absolute Gasteiger partial charge is 0.0909 e. The Bertz CT molecular complexity index is 566. The van der Waals surface area contributed by atoms with Crippen LogP contribution in [0.25, 0.3) is 0 Å². The zero-order chi connectivity index (χ0) is 14.0. The molecule has 0 fully saturated rings. The highest BCUT2D eigenvalue weighted by Crippen LogP contribution is 2.39. The number of nitrogens with two attached hydrogens (primary N) is 1. The molecule has 1 atom stereocenters. The third kappa shape index (κ3) is 3.30. The van der Waals surface area contributed by atoms with Crippen LogP contribution in [0.1, 0.15) is 30.6 Å². The van der Waals surface area contributed by atoms with Crippen LogP contribution in [0, 0.1) is 0 Å². The summed E-state index contributed by atoms with van der Waals surface area (Å²) in [6.07, 6.45) is 2.83. The van der Waals surface area contributed by atoms with Crippen LogP contribution >= 0.6 is 59.1 Å². The lowest BCUT2D eigenvalue weighted by atomic mass is 10.1. The first kappa shape index (κ1) is 15.7. The van der Waals surface area contributed by atoms with Crippen LogP contribution in [0.2, 0.25) is 0 Å². The van der Waals surface area contributed by atoms with Gasteiger partial charge in [0, 0.05) is 12.1 Å². The lowest BCUT2D eigenvalue weighted by molar-refractivity contribution is 0.519. The molecule has 104 valence electrons. The highest BCUT2D eigenvalue weighted by Gasteiger charge is 2.24. The monoisotopic (exact) mass is 470 g/mol. The number of halogens is 3. The molecular weight excluding hydrogens is 460 g/mol. The highest BCUT2D eigenvalue weighted by molar-refractivity contribution is 9.12. The number of aryl methyl sites for hydroxylation is 1. The largest absolute Gasteiger partial charge is 0.271 e. The molecule has 1 unspecified atom stereocenters. The molecule has 0 amide bonds. The summed E-state index contributed by atoms with van der Waals surface area (Å²) in [5, 5.41) is 4.39. The second-order valence-electron chi connectivity index (χ2n) is 3.98. The SMILES string of the molecule is CCCn1ncc(Br)c1C(NN)c1cc(Br)sc1Br. The molecule has 0 aliphatic heterocycles. The van der Waals surface area contributed by atoms with Crippen molar-refractivity contribution < 1.29 is 0 Å². The van der Waals surface area contributed by atoms with E-state index in [4.69, 9.17) is 5.84 Å². The van der Waals surface area contributed by atoms with Crippen molar-refractivity contribution in [2.24, 2.45) is 5.84 Å². The molecule has 19 heavy (non-hydrogen) atoms. The van der Waals surface area contributed by atoms with Gasteiger partial charge in [-0.25, -0.2) is 5.43 Å². The summed E-state index contributed by atoms with van der Waals surface area (Å²) in [6, 6.07) is 1.95. The number of aromatic nitrogens is 2. The zero-order valence-corrected chi connectivity index (χ0v) is 15.7. The van der Waals surface area contributed by atoms with E-state index in [1.807, 2.05) is 10.9 Å². The maximum atomic E-state index is 5.76. The van der Waals surface area contributed by atoms with Crippen molar-refractivity contribution in [1.29, 1.82) is 0 Å². The maximum absolute atomic E-state index is 5.76. The summed E-state index contributed by atoms with van der Waals surface area (Å²) in [6.45, 7) is 2.99. The van der Waals surface area contributed by atoms with E-state index in [9.17, 15) is 0 Å². The highest BCUT2D eigenvalue weighted by atomic mass is 79.9. The van der Waals surface area contributed by atoms with Crippen molar-refractivity contribution in [1.82, 2.24) is 15.2 Å². The third-order valence-corrected chi connectivity index (χ3v) is 5.70. The number of rotatable bonds is 5. The predicted molar refractivity (Wildman–Crippen MR) is 89.1 cm³/mol. The molecule has 0 spiro atoms. The van der Waals surface area contributed by atoms with Gasteiger partial charge in [0.25, 0.3) is 0 Å². The lowest BCUT2D eigenvalue weighted by Crippen LogP contribution is -2.31. The molecule has 2 aromatic rings. The van der Waals surface area contributed by atoms with Crippen molar-refractivity contribution in [3.05, 3.63) is 35.6 Å². The molecule has 0 saturated carbocycles. The second-order valence-corrected chi connectivity index (χ2v) is 8.58. The summed E-state index contributed by atoms with van der Waals surface area (Å²) in [5.74, 6) is 5.76. The van der Waals surface area contributed by atoms with Gasteiger partial charge in [0.15, 0.2) is 0 Å². The number of nitrogens with zero attached hydrogens (tertiary/aromatic N) is 2. The molecule has 8 heteroatoms. The average molecular weight is 473 g/mol. The number of hydrazine groups is 1. The first-order valence-electron chi connectivity index (χ1n) is 5.70. The number of hydrogen-bond donors (Lipinski definition) is 2. The van der Waals surface area contributed by atoms with Crippen LogP contribution < -0.4 is 11.3 Å². The molecule has 0 aliphatic rings. The summed E-state index contributed by atoms with van der Waals surface area (Å²) in [5.41, 5.74) is 5.01. The van der Waals surface area contributed by atoms with E-state index in [1.54, 1.807) is 11.3 Å². The summed E-state index contributed by atoms with van der Waals surface area (Å²) in [4.78, 5) is 0. The average Bonchev–Trinajstić information content (AvgIpc) is 2.87. The first-order valence-corrected chi connectivity index (χ1v) is 8.90. The normalized spacial score (nSPS) is 12.9. The van der Waals surface area contributed by atoms with Crippen LogP contribution in [-0.2, 0) is 6.54 Å². The van der Waals surface area contributed by atoms with Crippen molar-refractivity contribution in [2.45, 2.75) is 25.9 Å². The Kier molecular flexibility index (Phi) is 5.62. The number of hydrogen-bond acceptors (Lipinski definition) is 4. The summed E-state index contributed by atoms with van der Waals surface area (Å²) < 4.78 is 5.05. The van der Waals surface area contributed by atoms with E-state index in [1.165, 1.54) is 0 Å². The van der Waals surface area contributed by atoms with Gasteiger partial charge in [-0.1, -0.05) is 6.92 Å². The Hall–Kier alpha value is 0.270. The summed E-state index contributed by atoms with van der Waals surface area (Å²) in [7, 11) is 0. The van der Waals surface area contributed by atoms with Gasteiger partial charge in [0.1, 0.15) is 0 Å². The van der Waals surface area contributed by atoms with Gasteiger partial charge in [-0.15, -0.1) is 11.3 Å². The Morgan fingerprint density at radius 3 is 2.74 bits per heavy atom. The van der Waals surface area contributed by atoms with Gasteiger partial charge in [0.2, 0.25) is 0 Å². The molecule has 0 bridgehead atoms. The fraction of sp³-hybridized carbons (Fsp3) is 0.364. The Morgan fingerprint density at radius 2 is 2.21 bits per heavy atom. The van der Waals surface area contributed by atoms with Crippen LogP contribution in [0.15, 0.2) is 24.3 Å². The van der Waals surface area contributed by atoms with E-state index in [-0.39, 0.29) is 6.04 Å². The fourth-order valence-corrected chi connectivity index (χ4v) is 5.34. The fourth-order valence-electron chi connectivity index (χ4n) is 1.91. The van der Waals surface area contributed by atoms with Crippen molar-refractivity contribution in [3.8, 4) is 0 Å². The quantitative estimate of drug-likeness (QED) is 0.506. The molecular formula is C11H13Br3N4S. The summed E-state index contributed by atoms with van der Waals surface area (Å²) >= 11 is 12.3. The zero-order valence-electron chi connectivity index (χ0n) is 10.2. The Labute approximate surface area is 141 Å². The molecule has 2 rings (SSSR count). The second kappa shape index (κ2) is 6.82. The van der Waals surface area contributed by atoms with Gasteiger partial charge < -0.3 is 0 Å². The lowest BCUT2D eigenvalue weighted by Gasteiger charge is -2.18. The van der Waals surface area contributed by atoms with Gasteiger partial charge in [-0.2, -0.15) is 5.10 Å². The molecule has 0 aromatic carbocycles. The molecule has 0 saturated heterocycles. The van der Waals surface area contributed by atoms with E-state index >= 15 is 0 Å². The maximum Gasteiger partial charge on any atom is 0.0909 e. The van der Waals surface area contributed by atoms with Crippen molar-refractivity contribution in [2.75, 3.05) is 0 Å². The third-order valence-electron chi connectivity index (χ3n) is 2.70. The molecule has 2 aromatic heterocycles. The van der Waals surface area contributed by atoms with Gasteiger partial charge >= 0.3 is 0 Å². The minimum absolute atomic E-state index is 0.111. The van der Waals surface area contributed by atoms with Crippen LogP contribution in [0.3, 0.4) is 0 Å². The first-order chi connectivity index (χ1) is 9.08. The van der Waals surface area contributed by atoms with Crippen LogP contribution in [0.4, 0.5) is 0 Å². The topological polar surface area (TPSA) is 55.9 Å². The minimum Gasteiger partial charge on any atom is -0.271 e. The number of nitrogens with one attached hydrogen (secondary N) is 1. The van der Waals surface area contributed by atoms with Crippen LogP contribution in [0.5, 0.6) is 0 Å². The van der Waals surface area contributed by atoms with Gasteiger partial charge in [-0.3, -0.25) is 10.5 Å². The Balaban J connectivity index is 2.47. The predicted octanol–water partition coefficient (Wildman–Crippen LogP) is 4.19. The van der Waals surface area contributed by atoms with E-state index in [0.717, 1.165) is 36.3 Å². The molecule has 0 aliphatic carbocycles. The molecule has 4 nitrogen and oxygen atoms in total. The van der Waals surface area contributed by atoms with Crippen molar-refractivity contribution >= 4 is 59.1 Å². The van der Waals surface area contributed by atoms with Gasteiger partial charge in [0.05, 0.1) is 30.0 Å². The van der Waals surface area contributed by atoms with E-state index in [0.29, 0.717) is 0 Å². The molecule has 0 radical (unpaired) electrons. The molecule has 3 N–H and O–H groups in total. The Morgan fingerprint density at radius 1 is 1.47 bits per heavy atom.